The third-order valence-corrected chi connectivity index (χ3v) is 9.68. The van der Waals surface area contributed by atoms with E-state index in [1.807, 2.05) is 29.8 Å². The van der Waals surface area contributed by atoms with Gasteiger partial charge >= 0.3 is 7.82 Å². The summed E-state index contributed by atoms with van der Waals surface area (Å²) in [6, 6.07) is 15.2. The molecule has 1 N–H and O–H groups in total. The average molecular weight is 661 g/mol. The second-order valence-corrected chi connectivity index (χ2v) is 14.4. The van der Waals surface area contributed by atoms with Crippen molar-refractivity contribution in [2.75, 3.05) is 20.3 Å². The van der Waals surface area contributed by atoms with Crippen molar-refractivity contribution < 1.29 is 32.5 Å². The van der Waals surface area contributed by atoms with Crippen molar-refractivity contribution >= 4 is 19.2 Å². The van der Waals surface area contributed by atoms with Gasteiger partial charge in [-0.1, -0.05) is 126 Å². The SMILES string of the molecule is CCCCCCCCCCCCCCCc1ccccc1OCC(COP(=O)(O)Oc1cccc(C[n+]2csc(C)c2)c1)OC. The number of benzene rings is 2. The lowest BCUT2D eigenvalue weighted by Crippen LogP contribution is -2.30. The van der Waals surface area contributed by atoms with Crippen LogP contribution in [0, 0.1) is 6.92 Å². The van der Waals surface area contributed by atoms with Crippen LogP contribution in [0.4, 0.5) is 0 Å². The third kappa shape index (κ3) is 15.8. The molecule has 0 aliphatic carbocycles. The van der Waals surface area contributed by atoms with Gasteiger partial charge in [0.1, 0.15) is 24.2 Å². The van der Waals surface area contributed by atoms with Crippen molar-refractivity contribution in [1.29, 1.82) is 0 Å². The molecule has 45 heavy (non-hydrogen) atoms. The fourth-order valence-electron chi connectivity index (χ4n) is 5.33. The Bertz CT molecular complexity index is 1270. The second kappa shape index (κ2) is 21.6. The van der Waals surface area contributed by atoms with Crippen LogP contribution in [0.3, 0.4) is 0 Å². The van der Waals surface area contributed by atoms with E-state index < -0.39 is 13.9 Å². The normalized spacial score (nSPS) is 13.4. The number of unbranched alkanes of at least 4 members (excludes halogenated alkanes) is 12. The fraction of sp³-hybridized carbons (Fsp3) is 0.583. The highest BCUT2D eigenvalue weighted by Crippen LogP contribution is 2.44. The average Bonchev–Trinajstić information content (AvgIpc) is 3.44. The molecule has 0 aliphatic heterocycles. The van der Waals surface area contributed by atoms with Crippen molar-refractivity contribution in [2.24, 2.45) is 0 Å². The summed E-state index contributed by atoms with van der Waals surface area (Å²) in [5, 5.41) is 0. The van der Waals surface area contributed by atoms with Gasteiger partial charge in [-0.05, 0) is 43.5 Å². The number of phosphoric acid groups is 1. The molecule has 0 bridgehead atoms. The van der Waals surface area contributed by atoms with E-state index in [0.29, 0.717) is 6.54 Å². The Kier molecular flexibility index (Phi) is 17.8. The number of thiazole rings is 1. The zero-order valence-corrected chi connectivity index (χ0v) is 29.4. The van der Waals surface area contributed by atoms with Gasteiger partial charge in [-0.3, -0.25) is 9.42 Å². The lowest BCUT2D eigenvalue weighted by atomic mass is 10.0. The van der Waals surface area contributed by atoms with E-state index in [0.717, 1.165) is 24.2 Å². The van der Waals surface area contributed by atoms with E-state index in [1.165, 1.54) is 94.6 Å². The molecule has 1 aromatic heterocycles. The Labute approximate surface area is 275 Å². The number of methoxy groups -OCH3 is 1. The van der Waals surface area contributed by atoms with Crippen LogP contribution < -0.4 is 13.8 Å². The number of phosphoric ester groups is 1. The molecule has 3 aromatic rings. The van der Waals surface area contributed by atoms with Crippen LogP contribution in [0.15, 0.2) is 60.2 Å². The van der Waals surface area contributed by atoms with Gasteiger partial charge in [0.25, 0.3) is 0 Å². The number of rotatable bonds is 25. The maximum Gasteiger partial charge on any atom is 0.527 e. The Hall–Kier alpha value is -2.22. The summed E-state index contributed by atoms with van der Waals surface area (Å²) in [5.74, 6) is 1.09. The summed E-state index contributed by atoms with van der Waals surface area (Å²) >= 11 is 1.67. The van der Waals surface area contributed by atoms with Gasteiger partial charge < -0.3 is 14.0 Å². The number of hydrogen-bond donors (Lipinski definition) is 1. The van der Waals surface area contributed by atoms with E-state index in [2.05, 4.69) is 30.7 Å². The number of hydrogen-bond acceptors (Lipinski definition) is 6. The Morgan fingerprint density at radius 1 is 0.867 bits per heavy atom. The van der Waals surface area contributed by atoms with E-state index in [-0.39, 0.29) is 19.0 Å². The van der Waals surface area contributed by atoms with Gasteiger partial charge in [0.15, 0.2) is 12.7 Å². The summed E-state index contributed by atoms with van der Waals surface area (Å²) < 4.78 is 37.0. The molecule has 7 nitrogen and oxygen atoms in total. The third-order valence-electron chi connectivity index (χ3n) is 7.91. The summed E-state index contributed by atoms with van der Waals surface area (Å²) in [5.41, 5.74) is 4.16. The smallest absolute Gasteiger partial charge is 0.491 e. The molecule has 250 valence electrons. The van der Waals surface area contributed by atoms with Crippen LogP contribution in [0.2, 0.25) is 0 Å². The van der Waals surface area contributed by atoms with Gasteiger partial charge in [-0.2, -0.15) is 4.57 Å². The number of aryl methyl sites for hydroxylation is 2. The van der Waals surface area contributed by atoms with Crippen molar-refractivity contribution in [3.63, 3.8) is 0 Å². The van der Waals surface area contributed by atoms with Crippen molar-refractivity contribution in [3.8, 4) is 11.5 Å². The number of para-hydroxylation sites is 1. The van der Waals surface area contributed by atoms with Crippen molar-refractivity contribution in [2.45, 2.75) is 116 Å². The maximum atomic E-state index is 12.7. The molecular weight excluding hydrogens is 605 g/mol. The molecule has 2 unspecified atom stereocenters. The van der Waals surface area contributed by atoms with Crippen molar-refractivity contribution in [1.82, 2.24) is 0 Å². The predicted molar refractivity (Wildman–Crippen MR) is 183 cm³/mol. The highest BCUT2D eigenvalue weighted by Gasteiger charge is 2.26. The zero-order valence-electron chi connectivity index (χ0n) is 27.7. The Balaban J connectivity index is 1.33. The van der Waals surface area contributed by atoms with E-state index in [4.69, 9.17) is 18.5 Å². The molecule has 2 aromatic carbocycles. The summed E-state index contributed by atoms with van der Waals surface area (Å²) in [6.45, 7) is 5.02. The van der Waals surface area contributed by atoms with Gasteiger partial charge in [0.05, 0.1) is 11.5 Å². The van der Waals surface area contributed by atoms with E-state index in [1.54, 1.807) is 29.5 Å². The second-order valence-electron chi connectivity index (χ2n) is 11.9. The highest BCUT2D eigenvalue weighted by atomic mass is 32.1. The Morgan fingerprint density at radius 3 is 2.18 bits per heavy atom. The molecule has 0 fully saturated rings. The van der Waals surface area contributed by atoms with Crippen LogP contribution in [0.25, 0.3) is 0 Å². The molecule has 0 saturated heterocycles. The first kappa shape index (κ1) is 37.2. The molecule has 0 saturated carbocycles. The first-order valence-corrected chi connectivity index (χ1v) is 19.2. The molecule has 2 atom stereocenters. The van der Waals surface area contributed by atoms with Crippen LogP contribution in [0.1, 0.15) is 106 Å². The van der Waals surface area contributed by atoms with E-state index >= 15 is 0 Å². The minimum Gasteiger partial charge on any atom is -0.491 e. The highest BCUT2D eigenvalue weighted by molar-refractivity contribution is 7.47. The number of ether oxygens (including phenoxy) is 2. The standard InChI is InChI=1S/C36H54NO6PS/c1-4-5-6-7-8-9-10-11-12-13-14-15-16-21-33-22-17-18-24-36(33)41-28-35(40-3)29-42-44(38,39)43-34-23-19-20-32(25-34)27-37-26-31(2)45-30-37/h17-20,22-26,30,35H,4-16,21,27-29H2,1-3H3/p+1. The van der Waals surface area contributed by atoms with Gasteiger partial charge in [0.2, 0.25) is 5.51 Å². The van der Waals surface area contributed by atoms with Crippen LogP contribution in [-0.2, 0) is 26.8 Å². The molecule has 0 spiro atoms. The minimum absolute atomic E-state index is 0.144. The van der Waals surface area contributed by atoms with Gasteiger partial charge in [0, 0.05) is 12.7 Å². The molecule has 0 radical (unpaired) electrons. The van der Waals surface area contributed by atoms with Crippen LogP contribution in [-0.4, -0.2) is 31.3 Å². The summed E-state index contributed by atoms with van der Waals surface area (Å²) in [6.07, 6.45) is 19.9. The quantitative estimate of drug-likeness (QED) is 0.0554. The van der Waals surface area contributed by atoms with Crippen LogP contribution in [0.5, 0.6) is 11.5 Å². The number of aromatic nitrogens is 1. The summed E-state index contributed by atoms with van der Waals surface area (Å²) in [4.78, 5) is 11.6. The molecule has 3 rings (SSSR count). The minimum atomic E-state index is -4.36. The lowest BCUT2D eigenvalue weighted by molar-refractivity contribution is -0.683. The first-order chi connectivity index (χ1) is 21.9. The van der Waals surface area contributed by atoms with Gasteiger partial charge in [-0.25, -0.2) is 4.57 Å². The lowest BCUT2D eigenvalue weighted by Gasteiger charge is -2.20. The topological polar surface area (TPSA) is 78.1 Å². The molecule has 9 heteroatoms. The van der Waals surface area contributed by atoms with Crippen LogP contribution >= 0.6 is 19.2 Å². The molecule has 0 aliphatic rings. The fourth-order valence-corrected chi connectivity index (χ4v) is 6.75. The maximum absolute atomic E-state index is 12.7. The largest absolute Gasteiger partial charge is 0.527 e. The first-order valence-electron chi connectivity index (χ1n) is 16.8. The zero-order chi connectivity index (χ0) is 32.2. The molecule has 0 amide bonds. The monoisotopic (exact) mass is 660 g/mol. The predicted octanol–water partition coefficient (Wildman–Crippen LogP) is 9.62. The van der Waals surface area contributed by atoms with E-state index in [9.17, 15) is 9.46 Å². The van der Waals surface area contributed by atoms with Crippen molar-refractivity contribution in [3.05, 3.63) is 76.2 Å². The Morgan fingerprint density at radius 2 is 1.53 bits per heavy atom. The number of nitrogens with zero attached hydrogens (tertiary/aromatic N) is 1. The summed E-state index contributed by atoms with van der Waals surface area (Å²) in [7, 11) is -2.83. The molecule has 1 heterocycles. The van der Waals surface area contributed by atoms with Gasteiger partial charge in [-0.15, -0.1) is 0 Å². The molecular formula is C36H55NO6PS+.